The van der Waals surface area contributed by atoms with E-state index in [9.17, 15) is 0 Å². The van der Waals surface area contributed by atoms with Gasteiger partial charge < -0.3 is 4.90 Å². The van der Waals surface area contributed by atoms with Crippen LogP contribution in [-0.4, -0.2) is 0 Å². The van der Waals surface area contributed by atoms with Crippen LogP contribution in [0.2, 0.25) is 0 Å². The summed E-state index contributed by atoms with van der Waals surface area (Å²) < 4.78 is 0. The molecule has 3 aliphatic carbocycles. The van der Waals surface area contributed by atoms with Gasteiger partial charge in [-0.25, -0.2) is 0 Å². The minimum atomic E-state index is -0.511. The third-order valence-corrected chi connectivity index (χ3v) is 14.4. The van der Waals surface area contributed by atoms with Crippen molar-refractivity contribution in [3.63, 3.8) is 0 Å². The average Bonchev–Trinajstić information content (AvgIpc) is 3.90. The lowest BCUT2D eigenvalue weighted by Crippen LogP contribution is -2.26. The van der Waals surface area contributed by atoms with Gasteiger partial charge in [-0.05, 0) is 142 Å². The zero-order chi connectivity index (χ0) is 41.9. The van der Waals surface area contributed by atoms with E-state index in [4.69, 9.17) is 0 Å². The Hall–Kier alpha value is -7.74. The first-order valence-corrected chi connectivity index (χ1v) is 22.2. The Morgan fingerprint density at radius 3 is 1.38 bits per heavy atom. The second kappa shape index (κ2) is 13.4. The summed E-state index contributed by atoms with van der Waals surface area (Å²) in [5.74, 6) is 0. The lowest BCUT2D eigenvalue weighted by Gasteiger charge is -2.33. The maximum Gasteiger partial charge on any atom is 0.0732 e. The number of anilines is 3. The van der Waals surface area contributed by atoms with Crippen molar-refractivity contribution in [1.82, 2.24) is 0 Å². The summed E-state index contributed by atoms with van der Waals surface area (Å²) in [5, 5.41) is 2.57. The lowest BCUT2D eigenvalue weighted by molar-refractivity contribution is 0.660. The molecule has 10 aromatic rings. The van der Waals surface area contributed by atoms with Crippen LogP contribution in [0.15, 0.2) is 224 Å². The van der Waals surface area contributed by atoms with E-state index in [0.29, 0.717) is 0 Å². The maximum atomic E-state index is 2.54. The quantitative estimate of drug-likeness (QED) is 0.168. The predicted molar refractivity (Wildman–Crippen MR) is 263 cm³/mol. The monoisotopic (exact) mass is 801 g/mol. The molecular weight excluding hydrogens is 759 g/mol. The fourth-order valence-electron chi connectivity index (χ4n) is 11.7. The summed E-state index contributed by atoms with van der Waals surface area (Å²) in [6, 6.07) is 84.2. The Bertz CT molecular complexity index is 3380. The molecule has 0 atom stereocenters. The zero-order valence-electron chi connectivity index (χ0n) is 35.3. The van der Waals surface area contributed by atoms with Crippen LogP contribution in [0.4, 0.5) is 17.1 Å². The van der Waals surface area contributed by atoms with E-state index in [1.807, 2.05) is 0 Å². The highest BCUT2D eigenvalue weighted by molar-refractivity contribution is 6.04. The molecule has 1 nitrogen and oxygen atoms in total. The Morgan fingerprint density at radius 2 is 0.762 bits per heavy atom. The van der Waals surface area contributed by atoms with Gasteiger partial charge in [0, 0.05) is 22.5 Å². The van der Waals surface area contributed by atoms with Gasteiger partial charge in [-0.15, -0.1) is 0 Å². The van der Waals surface area contributed by atoms with Crippen LogP contribution in [0.25, 0.3) is 66.4 Å². The van der Waals surface area contributed by atoms with Crippen LogP contribution in [0.3, 0.4) is 0 Å². The van der Waals surface area contributed by atoms with E-state index in [0.717, 1.165) is 17.1 Å². The van der Waals surface area contributed by atoms with Crippen LogP contribution < -0.4 is 4.90 Å². The number of benzene rings is 10. The summed E-state index contributed by atoms with van der Waals surface area (Å²) in [6.45, 7) is 4.76. The molecule has 3 aliphatic rings. The second-order valence-corrected chi connectivity index (χ2v) is 18.0. The molecule has 13 rings (SSSR count). The van der Waals surface area contributed by atoms with E-state index in [1.165, 1.54) is 99.8 Å². The van der Waals surface area contributed by atoms with Gasteiger partial charge in [0.15, 0.2) is 0 Å². The van der Waals surface area contributed by atoms with E-state index in [2.05, 4.69) is 243 Å². The SMILES string of the molecule is CC1(C)c2ccccc2-c2ccc(N(c3cc(-c4ccccc4)cc(-c4ccccc4)c3)c3ccc4c(c3)C3(c5ccccc5-c5ccccc53)c3c-4ccc4ccccc34)cc21. The van der Waals surface area contributed by atoms with E-state index in [-0.39, 0.29) is 5.41 Å². The number of nitrogens with zero attached hydrogens (tertiary/aromatic N) is 1. The van der Waals surface area contributed by atoms with Gasteiger partial charge in [0.25, 0.3) is 0 Å². The molecule has 0 N–H and O–H groups in total. The summed E-state index contributed by atoms with van der Waals surface area (Å²) in [6.07, 6.45) is 0. The summed E-state index contributed by atoms with van der Waals surface area (Å²) in [4.78, 5) is 2.53. The fourth-order valence-corrected chi connectivity index (χ4v) is 11.7. The first kappa shape index (κ1) is 36.0. The van der Waals surface area contributed by atoms with Crippen LogP contribution in [0.5, 0.6) is 0 Å². The molecule has 0 saturated heterocycles. The van der Waals surface area contributed by atoms with Crippen molar-refractivity contribution < 1.29 is 0 Å². The molecule has 0 fully saturated rings. The van der Waals surface area contributed by atoms with Crippen LogP contribution in [0.1, 0.15) is 47.2 Å². The minimum absolute atomic E-state index is 0.156. The molecule has 1 spiro atoms. The lowest BCUT2D eigenvalue weighted by atomic mass is 9.69. The molecule has 0 saturated carbocycles. The van der Waals surface area contributed by atoms with Gasteiger partial charge in [-0.1, -0.05) is 196 Å². The van der Waals surface area contributed by atoms with Crippen LogP contribution in [0, 0.1) is 0 Å². The molecule has 10 aromatic carbocycles. The number of hydrogen-bond donors (Lipinski definition) is 0. The van der Waals surface area contributed by atoms with Gasteiger partial charge in [-0.2, -0.15) is 0 Å². The molecule has 0 amide bonds. The normalized spacial score (nSPS) is 14.1. The highest BCUT2D eigenvalue weighted by Crippen LogP contribution is 2.65. The topological polar surface area (TPSA) is 3.24 Å². The zero-order valence-corrected chi connectivity index (χ0v) is 35.3. The van der Waals surface area contributed by atoms with Crippen LogP contribution >= 0.6 is 0 Å². The molecule has 63 heavy (non-hydrogen) atoms. The number of rotatable bonds is 5. The van der Waals surface area contributed by atoms with Crippen molar-refractivity contribution in [3.05, 3.63) is 258 Å². The first-order valence-electron chi connectivity index (χ1n) is 22.2. The van der Waals surface area contributed by atoms with Gasteiger partial charge in [0.1, 0.15) is 0 Å². The highest BCUT2D eigenvalue weighted by atomic mass is 15.1. The third kappa shape index (κ3) is 5.05. The Labute approximate surface area is 369 Å². The van der Waals surface area contributed by atoms with Crippen molar-refractivity contribution in [3.8, 4) is 55.6 Å². The van der Waals surface area contributed by atoms with Crippen molar-refractivity contribution in [2.75, 3.05) is 4.90 Å². The molecule has 0 aliphatic heterocycles. The molecular formula is C62H43N. The number of hydrogen-bond acceptors (Lipinski definition) is 1. The Balaban J connectivity index is 1.11. The van der Waals surface area contributed by atoms with Gasteiger partial charge in [-0.3, -0.25) is 0 Å². The summed E-state index contributed by atoms with van der Waals surface area (Å²) in [7, 11) is 0. The van der Waals surface area contributed by atoms with Crippen molar-refractivity contribution in [1.29, 1.82) is 0 Å². The highest BCUT2D eigenvalue weighted by Gasteiger charge is 2.52. The molecule has 0 bridgehead atoms. The Kier molecular flexibility index (Phi) is 7.64. The Morgan fingerprint density at radius 1 is 0.302 bits per heavy atom. The smallest absolute Gasteiger partial charge is 0.0732 e. The standard InChI is InChI=1S/C62H43N/c1-61(2)55-26-14-11-23-49(55)52-33-30-45(38-58(52)61)63(47-36-43(40-17-5-3-6-18-40)35-44(37-47)41-19-7-4-8-20-41)46-31-34-53-54-32-29-42-21-9-10-22-48(42)60(54)62(59(53)39-46)56-27-15-12-24-50(56)51-25-13-16-28-57(51)62/h3-39H,1-2H3. The molecule has 0 heterocycles. The molecule has 1 heteroatoms. The summed E-state index contributed by atoms with van der Waals surface area (Å²) >= 11 is 0. The second-order valence-electron chi connectivity index (χ2n) is 18.0. The van der Waals surface area contributed by atoms with E-state index < -0.39 is 5.41 Å². The van der Waals surface area contributed by atoms with Crippen molar-refractivity contribution in [2.24, 2.45) is 0 Å². The predicted octanol–water partition coefficient (Wildman–Crippen LogP) is 16.3. The number of fused-ring (bicyclic) bond motifs is 15. The average molecular weight is 802 g/mol. The minimum Gasteiger partial charge on any atom is -0.310 e. The first-order chi connectivity index (χ1) is 31.0. The fraction of sp³-hybridized carbons (Fsp3) is 0.0645. The maximum absolute atomic E-state index is 2.54. The molecule has 0 aromatic heterocycles. The largest absolute Gasteiger partial charge is 0.310 e. The van der Waals surface area contributed by atoms with E-state index in [1.54, 1.807) is 0 Å². The van der Waals surface area contributed by atoms with Crippen molar-refractivity contribution in [2.45, 2.75) is 24.7 Å². The van der Waals surface area contributed by atoms with Gasteiger partial charge in [0.05, 0.1) is 5.41 Å². The summed E-state index contributed by atoms with van der Waals surface area (Å²) in [5.41, 5.74) is 23.5. The van der Waals surface area contributed by atoms with Crippen molar-refractivity contribution >= 4 is 27.8 Å². The van der Waals surface area contributed by atoms with Gasteiger partial charge >= 0.3 is 0 Å². The molecule has 0 radical (unpaired) electrons. The molecule has 296 valence electrons. The van der Waals surface area contributed by atoms with Crippen LogP contribution in [-0.2, 0) is 10.8 Å². The molecule has 0 unspecified atom stereocenters. The van der Waals surface area contributed by atoms with E-state index >= 15 is 0 Å². The van der Waals surface area contributed by atoms with Gasteiger partial charge in [0.2, 0.25) is 0 Å². The third-order valence-electron chi connectivity index (χ3n) is 14.4.